The number of benzene rings is 3. The quantitative estimate of drug-likeness (QED) is 0.646. The number of hydrogen-bond donors (Lipinski definition) is 0. The van der Waals surface area contributed by atoms with Crippen LogP contribution in [-0.4, -0.2) is 8.42 Å². The SMILES string of the molecule is N#Cc1cccc(S(=O)(=O)Oc2ccc(Oc3ccccc3)cc2)c1. The Hall–Kier alpha value is -3.30. The molecule has 0 saturated heterocycles. The smallest absolute Gasteiger partial charge is 0.339 e. The second-order valence-corrected chi connectivity index (χ2v) is 6.61. The summed E-state index contributed by atoms with van der Waals surface area (Å²) in [5, 5.41) is 8.87. The van der Waals surface area contributed by atoms with Gasteiger partial charge in [0.25, 0.3) is 0 Å². The molecule has 5 nitrogen and oxygen atoms in total. The molecule has 0 amide bonds. The second-order valence-electron chi connectivity index (χ2n) is 5.06. The Morgan fingerprint density at radius 3 is 2.08 bits per heavy atom. The summed E-state index contributed by atoms with van der Waals surface area (Å²) in [6, 6.07) is 23.0. The minimum absolute atomic E-state index is 0.0730. The molecule has 0 aliphatic rings. The van der Waals surface area contributed by atoms with E-state index in [0.29, 0.717) is 11.5 Å². The summed E-state index contributed by atoms with van der Waals surface area (Å²) in [5.41, 5.74) is 0.247. The molecule has 0 heterocycles. The minimum atomic E-state index is -4.01. The summed E-state index contributed by atoms with van der Waals surface area (Å²) >= 11 is 0. The van der Waals surface area contributed by atoms with Gasteiger partial charge in [0.1, 0.15) is 22.1 Å². The van der Waals surface area contributed by atoms with Gasteiger partial charge in [-0.25, -0.2) is 0 Å². The first-order valence-electron chi connectivity index (χ1n) is 7.34. The molecule has 0 aliphatic carbocycles. The molecule has 3 aromatic rings. The lowest BCUT2D eigenvalue weighted by Crippen LogP contribution is -2.09. The number of rotatable bonds is 5. The highest BCUT2D eigenvalue weighted by atomic mass is 32.2. The van der Waals surface area contributed by atoms with Crippen LogP contribution in [0.1, 0.15) is 5.56 Å². The Morgan fingerprint density at radius 2 is 1.40 bits per heavy atom. The van der Waals surface area contributed by atoms with E-state index in [9.17, 15) is 8.42 Å². The molecule has 3 aromatic carbocycles. The summed E-state index contributed by atoms with van der Waals surface area (Å²) in [6.45, 7) is 0. The fourth-order valence-electron chi connectivity index (χ4n) is 2.08. The van der Waals surface area contributed by atoms with E-state index in [1.165, 1.54) is 36.4 Å². The lowest BCUT2D eigenvalue weighted by atomic mass is 10.2. The van der Waals surface area contributed by atoms with Crippen molar-refractivity contribution >= 4 is 10.1 Å². The summed E-state index contributed by atoms with van der Waals surface area (Å²) in [5.74, 6) is 1.39. The van der Waals surface area contributed by atoms with Crippen LogP contribution in [-0.2, 0) is 10.1 Å². The molecule has 0 aliphatic heterocycles. The first-order chi connectivity index (χ1) is 12.1. The molecule has 0 bridgehead atoms. The molecule has 0 atom stereocenters. The highest BCUT2D eigenvalue weighted by Crippen LogP contribution is 2.25. The predicted molar refractivity (Wildman–Crippen MR) is 91.9 cm³/mol. The van der Waals surface area contributed by atoms with E-state index in [-0.39, 0.29) is 16.2 Å². The van der Waals surface area contributed by atoms with Crippen LogP contribution in [0.3, 0.4) is 0 Å². The van der Waals surface area contributed by atoms with Crippen LogP contribution < -0.4 is 8.92 Å². The molecule has 6 heteroatoms. The van der Waals surface area contributed by atoms with Crippen LogP contribution in [0.2, 0.25) is 0 Å². The lowest BCUT2D eigenvalue weighted by Gasteiger charge is -2.09. The molecule has 0 radical (unpaired) electrons. The van der Waals surface area contributed by atoms with Crippen molar-refractivity contribution in [3.8, 4) is 23.3 Å². The first-order valence-corrected chi connectivity index (χ1v) is 8.75. The fourth-order valence-corrected chi connectivity index (χ4v) is 3.06. The maximum atomic E-state index is 12.3. The van der Waals surface area contributed by atoms with Crippen LogP contribution in [0.5, 0.6) is 17.2 Å². The number of nitriles is 1. The van der Waals surface area contributed by atoms with E-state index in [0.717, 1.165) is 0 Å². The van der Waals surface area contributed by atoms with E-state index < -0.39 is 10.1 Å². The van der Waals surface area contributed by atoms with Gasteiger partial charge in [0.05, 0.1) is 11.6 Å². The van der Waals surface area contributed by atoms with E-state index in [1.54, 1.807) is 12.1 Å². The Morgan fingerprint density at radius 1 is 0.760 bits per heavy atom. The zero-order chi connectivity index (χ0) is 17.7. The molecule has 0 fully saturated rings. The number of para-hydroxylation sites is 1. The normalized spacial score (nSPS) is 10.7. The zero-order valence-corrected chi connectivity index (χ0v) is 13.8. The van der Waals surface area contributed by atoms with E-state index >= 15 is 0 Å². The molecule has 0 aromatic heterocycles. The number of ether oxygens (including phenoxy) is 1. The van der Waals surface area contributed by atoms with Crippen molar-refractivity contribution in [3.63, 3.8) is 0 Å². The molecule has 0 unspecified atom stereocenters. The third-order valence-electron chi connectivity index (χ3n) is 3.26. The van der Waals surface area contributed by atoms with Gasteiger partial charge in [0.15, 0.2) is 0 Å². The van der Waals surface area contributed by atoms with Gasteiger partial charge < -0.3 is 8.92 Å². The van der Waals surface area contributed by atoms with Crippen LogP contribution in [0, 0.1) is 11.3 Å². The van der Waals surface area contributed by atoms with Crippen LogP contribution in [0.25, 0.3) is 0 Å². The van der Waals surface area contributed by atoms with Crippen molar-refractivity contribution in [2.24, 2.45) is 0 Å². The molecule has 124 valence electrons. The third-order valence-corrected chi connectivity index (χ3v) is 4.50. The molecule has 3 rings (SSSR count). The monoisotopic (exact) mass is 351 g/mol. The van der Waals surface area contributed by atoms with Crippen LogP contribution in [0.15, 0.2) is 83.8 Å². The van der Waals surface area contributed by atoms with Crippen molar-refractivity contribution in [1.82, 2.24) is 0 Å². The zero-order valence-electron chi connectivity index (χ0n) is 13.0. The molecule has 0 N–H and O–H groups in total. The average Bonchev–Trinajstić information content (AvgIpc) is 2.64. The van der Waals surface area contributed by atoms with Crippen molar-refractivity contribution in [2.75, 3.05) is 0 Å². The summed E-state index contributed by atoms with van der Waals surface area (Å²) in [7, 11) is -4.01. The topological polar surface area (TPSA) is 76.4 Å². The van der Waals surface area contributed by atoms with E-state index in [2.05, 4.69) is 0 Å². The predicted octanol–water partition coefficient (Wildman–Crippen LogP) is 4.12. The largest absolute Gasteiger partial charge is 0.457 e. The summed E-state index contributed by atoms with van der Waals surface area (Å²) in [4.78, 5) is -0.0730. The van der Waals surface area contributed by atoms with Crippen molar-refractivity contribution < 1.29 is 17.3 Å². The molecular formula is C19H13NO4S. The number of nitrogens with zero attached hydrogens (tertiary/aromatic N) is 1. The van der Waals surface area contributed by atoms with Gasteiger partial charge in [-0.15, -0.1) is 0 Å². The van der Waals surface area contributed by atoms with Crippen LogP contribution in [0.4, 0.5) is 0 Å². The molecule has 0 spiro atoms. The van der Waals surface area contributed by atoms with Gasteiger partial charge in [-0.3, -0.25) is 0 Å². The van der Waals surface area contributed by atoms with Crippen molar-refractivity contribution in [2.45, 2.75) is 4.90 Å². The second kappa shape index (κ2) is 7.07. The fraction of sp³-hybridized carbons (Fsp3) is 0. The average molecular weight is 351 g/mol. The molecular weight excluding hydrogens is 338 g/mol. The standard InChI is InChI=1S/C19H13NO4S/c20-14-15-5-4-8-19(13-15)25(21,22)24-18-11-9-17(10-12-18)23-16-6-2-1-3-7-16/h1-13H. The van der Waals surface area contributed by atoms with E-state index in [4.69, 9.17) is 14.2 Å². The van der Waals surface area contributed by atoms with Gasteiger partial charge >= 0.3 is 10.1 Å². The first kappa shape index (κ1) is 16.6. The maximum Gasteiger partial charge on any atom is 0.339 e. The van der Waals surface area contributed by atoms with Crippen molar-refractivity contribution in [3.05, 3.63) is 84.4 Å². The van der Waals surface area contributed by atoms with Gasteiger partial charge in [-0.2, -0.15) is 13.7 Å². The number of hydrogen-bond acceptors (Lipinski definition) is 5. The highest BCUT2D eigenvalue weighted by Gasteiger charge is 2.17. The van der Waals surface area contributed by atoms with Gasteiger partial charge in [0.2, 0.25) is 0 Å². The lowest BCUT2D eigenvalue weighted by molar-refractivity contribution is 0.474. The third kappa shape index (κ3) is 4.16. The van der Waals surface area contributed by atoms with Gasteiger partial charge in [-0.1, -0.05) is 24.3 Å². The Bertz CT molecular complexity index is 1010. The highest BCUT2D eigenvalue weighted by molar-refractivity contribution is 7.87. The van der Waals surface area contributed by atoms with E-state index in [1.807, 2.05) is 36.4 Å². The van der Waals surface area contributed by atoms with Gasteiger partial charge in [0, 0.05) is 0 Å². The van der Waals surface area contributed by atoms with Crippen LogP contribution >= 0.6 is 0 Å². The summed E-state index contributed by atoms with van der Waals surface area (Å²) in [6.07, 6.45) is 0. The minimum Gasteiger partial charge on any atom is -0.457 e. The molecule has 25 heavy (non-hydrogen) atoms. The Balaban J connectivity index is 1.75. The Kier molecular flexibility index (Phi) is 4.68. The summed E-state index contributed by atoms with van der Waals surface area (Å²) < 4.78 is 35.3. The molecule has 0 saturated carbocycles. The maximum absolute atomic E-state index is 12.3. The van der Waals surface area contributed by atoms with Gasteiger partial charge in [-0.05, 0) is 54.6 Å². The van der Waals surface area contributed by atoms with Crippen molar-refractivity contribution in [1.29, 1.82) is 5.26 Å². The Labute approximate surface area is 145 Å².